The van der Waals surface area contributed by atoms with Crippen LogP contribution in [0, 0.1) is 0 Å². The fourth-order valence-electron chi connectivity index (χ4n) is 2.15. The molecule has 3 N–H and O–H groups in total. The minimum absolute atomic E-state index is 0.109. The van der Waals surface area contributed by atoms with Crippen molar-refractivity contribution in [1.29, 1.82) is 0 Å². The fraction of sp³-hybridized carbons (Fsp3) is 0.231. The second-order valence-electron chi connectivity index (χ2n) is 4.28. The molecule has 0 radical (unpaired) electrons. The molecule has 1 atom stereocenters. The second kappa shape index (κ2) is 6.03. The van der Waals surface area contributed by atoms with Crippen LogP contribution in [0.3, 0.4) is 0 Å². The van der Waals surface area contributed by atoms with Crippen LogP contribution in [-0.2, 0) is 0 Å². The van der Waals surface area contributed by atoms with Crippen molar-refractivity contribution >= 4 is 43.2 Å². The van der Waals surface area contributed by atoms with Crippen LogP contribution >= 0.6 is 43.2 Å². The van der Waals surface area contributed by atoms with Gasteiger partial charge in [0, 0.05) is 5.56 Å². The zero-order valence-corrected chi connectivity index (χ0v) is 14.3. The van der Waals surface area contributed by atoms with Crippen LogP contribution in [-0.4, -0.2) is 13.2 Å². The van der Waals surface area contributed by atoms with Crippen molar-refractivity contribution in [3.05, 3.63) is 43.0 Å². The first kappa shape index (κ1) is 14.3. The Hall–Kier alpha value is -0.600. The summed E-state index contributed by atoms with van der Waals surface area (Å²) in [4.78, 5) is 0. The molecule has 0 saturated carbocycles. The number of hydrogen-bond donors (Lipinski definition) is 2. The third-order valence-corrected chi connectivity index (χ3v) is 5.45. The van der Waals surface area contributed by atoms with Crippen LogP contribution in [0.5, 0.6) is 11.5 Å². The van der Waals surface area contributed by atoms with E-state index in [1.54, 1.807) is 11.3 Å². The van der Waals surface area contributed by atoms with E-state index in [1.807, 2.05) is 18.2 Å². The Labute approximate surface area is 137 Å². The van der Waals surface area contributed by atoms with E-state index in [1.165, 1.54) is 0 Å². The lowest BCUT2D eigenvalue weighted by atomic mass is 10.0. The highest BCUT2D eigenvalue weighted by molar-refractivity contribution is 9.12. The summed E-state index contributed by atoms with van der Waals surface area (Å²) in [7, 11) is 0. The first-order valence-electron chi connectivity index (χ1n) is 5.99. The maximum absolute atomic E-state index is 5.74. The van der Waals surface area contributed by atoms with Gasteiger partial charge in [0.05, 0.1) is 13.6 Å². The van der Waals surface area contributed by atoms with Gasteiger partial charge in [0.25, 0.3) is 0 Å². The smallest absolute Gasteiger partial charge is 0.161 e. The van der Waals surface area contributed by atoms with Crippen molar-refractivity contribution in [3.8, 4) is 11.5 Å². The number of hydrazine groups is 1. The summed E-state index contributed by atoms with van der Waals surface area (Å²) in [6.07, 6.45) is 0. The molecule has 1 aliphatic rings. The van der Waals surface area contributed by atoms with Gasteiger partial charge in [-0.2, -0.15) is 0 Å². The lowest BCUT2D eigenvalue weighted by Gasteiger charge is -2.21. The summed E-state index contributed by atoms with van der Waals surface area (Å²) in [5.41, 5.74) is 4.97. The van der Waals surface area contributed by atoms with Crippen LogP contribution in [0.25, 0.3) is 0 Å². The van der Waals surface area contributed by atoms with Crippen LogP contribution in [0.2, 0.25) is 0 Å². The molecule has 4 nitrogen and oxygen atoms in total. The topological polar surface area (TPSA) is 56.5 Å². The highest BCUT2D eigenvalue weighted by Crippen LogP contribution is 2.40. The maximum Gasteiger partial charge on any atom is 0.161 e. The van der Waals surface area contributed by atoms with Crippen molar-refractivity contribution < 1.29 is 9.47 Å². The molecule has 2 aromatic rings. The van der Waals surface area contributed by atoms with Crippen LogP contribution in [0.15, 0.2) is 31.8 Å². The highest BCUT2D eigenvalue weighted by atomic mass is 79.9. The summed E-state index contributed by atoms with van der Waals surface area (Å²) < 4.78 is 13.2. The number of benzene rings is 1. The van der Waals surface area contributed by atoms with Gasteiger partial charge >= 0.3 is 0 Å². The van der Waals surface area contributed by atoms with Gasteiger partial charge in [-0.1, -0.05) is 6.07 Å². The van der Waals surface area contributed by atoms with E-state index in [-0.39, 0.29) is 6.04 Å². The largest absolute Gasteiger partial charge is 0.486 e. The molecular formula is C13H12Br2N2O2S. The quantitative estimate of drug-likeness (QED) is 0.589. The lowest BCUT2D eigenvalue weighted by Crippen LogP contribution is -2.29. The van der Waals surface area contributed by atoms with Gasteiger partial charge in [0.1, 0.15) is 13.2 Å². The molecule has 0 bridgehead atoms. The minimum atomic E-state index is -0.109. The number of halogens is 2. The van der Waals surface area contributed by atoms with E-state index in [9.17, 15) is 0 Å². The SMILES string of the molecule is NNC(c1ccc2c(c1)OCCO2)c1cc(Br)sc1Br. The van der Waals surface area contributed by atoms with E-state index in [0.29, 0.717) is 13.2 Å². The third kappa shape index (κ3) is 2.73. The number of ether oxygens (including phenoxy) is 2. The normalized spacial score (nSPS) is 15.2. The van der Waals surface area contributed by atoms with Crippen molar-refractivity contribution in [1.82, 2.24) is 5.43 Å². The molecule has 0 fully saturated rings. The second-order valence-corrected chi connectivity index (χ2v) is 8.03. The molecule has 0 spiro atoms. The van der Waals surface area contributed by atoms with Gasteiger partial charge in [-0.25, -0.2) is 5.43 Å². The van der Waals surface area contributed by atoms with E-state index in [4.69, 9.17) is 15.3 Å². The first-order valence-corrected chi connectivity index (χ1v) is 8.39. The Kier molecular flexibility index (Phi) is 4.32. The molecule has 1 aromatic heterocycles. The third-order valence-electron chi connectivity index (χ3n) is 3.06. The molecular weight excluding hydrogens is 408 g/mol. The molecule has 1 aliphatic heterocycles. The lowest BCUT2D eigenvalue weighted by molar-refractivity contribution is 0.171. The summed E-state index contributed by atoms with van der Waals surface area (Å²) in [6, 6.07) is 7.83. The number of rotatable bonds is 3. The molecule has 1 unspecified atom stereocenters. The predicted octanol–water partition coefficient (Wildman–Crippen LogP) is 3.60. The van der Waals surface area contributed by atoms with Crippen molar-refractivity contribution in [2.75, 3.05) is 13.2 Å². The number of thiophene rings is 1. The van der Waals surface area contributed by atoms with Crippen LogP contribution < -0.4 is 20.7 Å². The van der Waals surface area contributed by atoms with Gasteiger partial charge in [0.15, 0.2) is 11.5 Å². The fourth-order valence-corrected chi connectivity index (χ4v) is 5.06. The monoisotopic (exact) mass is 418 g/mol. The van der Waals surface area contributed by atoms with Gasteiger partial charge < -0.3 is 9.47 Å². The molecule has 0 amide bonds. The van der Waals surface area contributed by atoms with Crippen molar-refractivity contribution in [2.45, 2.75) is 6.04 Å². The number of nitrogens with two attached hydrogens (primary N) is 1. The average molecular weight is 420 g/mol. The molecule has 7 heteroatoms. The number of fused-ring (bicyclic) bond motifs is 1. The molecule has 3 rings (SSSR count). The average Bonchev–Trinajstić information content (AvgIpc) is 2.78. The molecule has 0 saturated heterocycles. The summed E-state index contributed by atoms with van der Waals surface area (Å²) in [5, 5.41) is 0. The highest BCUT2D eigenvalue weighted by Gasteiger charge is 2.20. The first-order chi connectivity index (χ1) is 9.69. The standard InChI is InChI=1S/C13H12Br2N2O2S/c14-11-6-8(13(15)20-11)12(17-16)7-1-2-9-10(5-7)19-4-3-18-9/h1-2,5-6,12,17H,3-4,16H2. The molecule has 20 heavy (non-hydrogen) atoms. The minimum Gasteiger partial charge on any atom is -0.486 e. The summed E-state index contributed by atoms with van der Waals surface area (Å²) in [5.74, 6) is 7.28. The van der Waals surface area contributed by atoms with Gasteiger partial charge in [0.2, 0.25) is 0 Å². The van der Waals surface area contributed by atoms with Crippen molar-refractivity contribution in [2.24, 2.45) is 5.84 Å². The molecule has 1 aromatic carbocycles. The predicted molar refractivity (Wildman–Crippen MR) is 86.3 cm³/mol. The van der Waals surface area contributed by atoms with Crippen LogP contribution in [0.1, 0.15) is 17.2 Å². The van der Waals surface area contributed by atoms with E-state index in [0.717, 1.165) is 30.2 Å². The van der Waals surface area contributed by atoms with E-state index in [2.05, 4.69) is 43.4 Å². The Bertz CT molecular complexity index is 633. The summed E-state index contributed by atoms with van der Waals surface area (Å²) in [6.45, 7) is 1.17. The van der Waals surface area contributed by atoms with Gasteiger partial charge in [-0.05, 0) is 55.6 Å². The Morgan fingerprint density at radius 3 is 2.55 bits per heavy atom. The van der Waals surface area contributed by atoms with E-state index < -0.39 is 0 Å². The molecule has 106 valence electrons. The van der Waals surface area contributed by atoms with Gasteiger partial charge in [-0.15, -0.1) is 11.3 Å². The zero-order valence-electron chi connectivity index (χ0n) is 10.4. The summed E-state index contributed by atoms with van der Waals surface area (Å²) >= 11 is 8.67. The Morgan fingerprint density at radius 1 is 1.15 bits per heavy atom. The molecule has 0 aliphatic carbocycles. The van der Waals surface area contributed by atoms with Crippen molar-refractivity contribution in [3.63, 3.8) is 0 Å². The number of nitrogens with one attached hydrogen (secondary N) is 1. The van der Waals surface area contributed by atoms with Crippen LogP contribution in [0.4, 0.5) is 0 Å². The maximum atomic E-state index is 5.74. The number of hydrogen-bond acceptors (Lipinski definition) is 5. The zero-order chi connectivity index (χ0) is 14.1. The van der Waals surface area contributed by atoms with Gasteiger partial charge in [-0.3, -0.25) is 5.84 Å². The Morgan fingerprint density at radius 2 is 1.90 bits per heavy atom. The Balaban J connectivity index is 1.99. The van der Waals surface area contributed by atoms with E-state index >= 15 is 0 Å². The molecule has 2 heterocycles.